The number of rotatable bonds is 3. The van der Waals surface area contributed by atoms with Crippen LogP contribution < -0.4 is 10.1 Å². The first-order valence-corrected chi connectivity index (χ1v) is 4.47. The van der Waals surface area contributed by atoms with E-state index in [0.29, 0.717) is 12.3 Å². The fourth-order valence-electron chi connectivity index (χ4n) is 1.01. The molecule has 0 spiro atoms. The second kappa shape index (κ2) is 4.60. The van der Waals surface area contributed by atoms with Crippen LogP contribution in [0.1, 0.15) is 18.9 Å². The van der Waals surface area contributed by atoms with Crippen LogP contribution in [0.5, 0.6) is 5.88 Å². The van der Waals surface area contributed by atoms with Crippen molar-refractivity contribution in [1.29, 1.82) is 0 Å². The van der Waals surface area contributed by atoms with Crippen molar-refractivity contribution in [3.8, 4) is 5.88 Å². The highest BCUT2D eigenvalue weighted by atomic mass is 16.5. The van der Waals surface area contributed by atoms with Gasteiger partial charge in [-0.05, 0) is 12.5 Å². The number of aromatic nitrogens is 1. The maximum Gasteiger partial charge on any atom is 0.224 e. The fourth-order valence-corrected chi connectivity index (χ4v) is 1.01. The monoisotopic (exact) mass is 194 g/mol. The largest absolute Gasteiger partial charge is 0.481 e. The number of anilines is 1. The topological polar surface area (TPSA) is 51.2 Å². The summed E-state index contributed by atoms with van der Waals surface area (Å²) in [5, 5.41) is 2.75. The molecule has 0 bridgehead atoms. The molecule has 14 heavy (non-hydrogen) atoms. The number of methoxy groups -OCH3 is 1. The maximum absolute atomic E-state index is 11.1. The highest BCUT2D eigenvalue weighted by molar-refractivity contribution is 5.91. The van der Waals surface area contributed by atoms with Crippen LogP contribution in [0.25, 0.3) is 0 Å². The third kappa shape index (κ3) is 2.45. The number of nitrogens with zero attached hydrogens (tertiary/aromatic N) is 1. The number of nitrogens with one attached hydrogen (secondary N) is 1. The van der Waals surface area contributed by atoms with Crippen molar-refractivity contribution >= 4 is 11.6 Å². The predicted octanol–water partition coefficient (Wildman–Crippen LogP) is 1.75. The molecule has 0 fully saturated rings. The Morgan fingerprint density at radius 1 is 1.64 bits per heavy atom. The summed E-state index contributed by atoms with van der Waals surface area (Å²) in [6.45, 7) is 3.71. The van der Waals surface area contributed by atoms with E-state index in [1.54, 1.807) is 19.4 Å². The van der Waals surface area contributed by atoms with Crippen LogP contribution >= 0.6 is 0 Å². The summed E-state index contributed by atoms with van der Waals surface area (Å²) >= 11 is 0. The van der Waals surface area contributed by atoms with Crippen LogP contribution in [-0.4, -0.2) is 18.0 Å². The Morgan fingerprint density at radius 3 is 2.86 bits per heavy atom. The lowest BCUT2D eigenvalue weighted by Gasteiger charge is -2.07. The molecule has 0 saturated heterocycles. The average Bonchev–Trinajstić information content (AvgIpc) is 2.20. The first kappa shape index (κ1) is 10.5. The van der Waals surface area contributed by atoms with Crippen LogP contribution in [0, 0.1) is 6.92 Å². The van der Waals surface area contributed by atoms with Gasteiger partial charge in [0.2, 0.25) is 11.8 Å². The summed E-state index contributed by atoms with van der Waals surface area (Å²) in [7, 11) is 1.56. The highest BCUT2D eigenvalue weighted by Crippen LogP contribution is 2.17. The molecule has 0 aliphatic rings. The number of hydrogen-bond acceptors (Lipinski definition) is 3. The molecule has 0 aliphatic carbocycles. The van der Waals surface area contributed by atoms with Crippen molar-refractivity contribution in [2.45, 2.75) is 20.3 Å². The van der Waals surface area contributed by atoms with Gasteiger partial charge in [0, 0.05) is 12.5 Å². The summed E-state index contributed by atoms with van der Waals surface area (Å²) in [4.78, 5) is 15.1. The molecule has 1 N–H and O–H groups in total. The third-order valence-corrected chi connectivity index (χ3v) is 1.89. The van der Waals surface area contributed by atoms with E-state index >= 15 is 0 Å². The number of ether oxygens (including phenoxy) is 1. The van der Waals surface area contributed by atoms with E-state index in [4.69, 9.17) is 4.74 Å². The molecule has 1 aromatic heterocycles. The molecule has 0 saturated carbocycles. The van der Waals surface area contributed by atoms with Crippen LogP contribution in [0.15, 0.2) is 12.3 Å². The van der Waals surface area contributed by atoms with E-state index in [9.17, 15) is 4.79 Å². The molecule has 4 nitrogen and oxygen atoms in total. The molecule has 1 rings (SSSR count). The number of hydrogen-bond donors (Lipinski definition) is 1. The van der Waals surface area contributed by atoms with Gasteiger partial charge in [-0.1, -0.05) is 6.92 Å². The average molecular weight is 194 g/mol. The standard InChI is InChI=1S/C10H14N2O2/c1-4-9(13)12-8-6-11-10(14-3)5-7(8)2/h5-6H,4H2,1-3H3,(H,12,13). The normalized spacial score (nSPS) is 9.64. The number of amides is 1. The molecule has 1 aromatic rings. The molecule has 0 radical (unpaired) electrons. The van der Waals surface area contributed by atoms with Crippen molar-refractivity contribution in [1.82, 2.24) is 4.98 Å². The number of carbonyl (C=O) groups excluding carboxylic acids is 1. The van der Waals surface area contributed by atoms with Gasteiger partial charge in [-0.3, -0.25) is 4.79 Å². The van der Waals surface area contributed by atoms with Crippen LogP contribution in [0.4, 0.5) is 5.69 Å². The molecule has 0 unspecified atom stereocenters. The highest BCUT2D eigenvalue weighted by Gasteiger charge is 2.04. The minimum absolute atomic E-state index is 0.0138. The Balaban J connectivity index is 2.83. The summed E-state index contributed by atoms with van der Waals surface area (Å²) in [5.74, 6) is 0.539. The van der Waals surface area contributed by atoms with Crippen molar-refractivity contribution in [2.75, 3.05) is 12.4 Å². The Bertz CT molecular complexity index is 337. The molecule has 1 amide bonds. The van der Waals surface area contributed by atoms with E-state index in [1.165, 1.54) is 0 Å². The lowest BCUT2D eigenvalue weighted by Crippen LogP contribution is -2.10. The van der Waals surface area contributed by atoms with Crippen LogP contribution in [0.3, 0.4) is 0 Å². The zero-order valence-electron chi connectivity index (χ0n) is 8.63. The van der Waals surface area contributed by atoms with Gasteiger partial charge in [0.15, 0.2) is 0 Å². The van der Waals surface area contributed by atoms with Crippen molar-refractivity contribution in [3.63, 3.8) is 0 Å². The number of aryl methyl sites for hydroxylation is 1. The molecule has 0 aliphatic heterocycles. The summed E-state index contributed by atoms with van der Waals surface area (Å²) in [5.41, 5.74) is 1.68. The number of pyridine rings is 1. The molecular weight excluding hydrogens is 180 g/mol. The molecule has 0 aromatic carbocycles. The lowest BCUT2D eigenvalue weighted by molar-refractivity contribution is -0.115. The van der Waals surface area contributed by atoms with E-state index in [0.717, 1.165) is 11.3 Å². The summed E-state index contributed by atoms with van der Waals surface area (Å²) in [6, 6.07) is 1.78. The van der Waals surface area contributed by atoms with Crippen molar-refractivity contribution < 1.29 is 9.53 Å². The first-order valence-electron chi connectivity index (χ1n) is 4.47. The zero-order valence-corrected chi connectivity index (χ0v) is 8.63. The van der Waals surface area contributed by atoms with Gasteiger partial charge in [0.1, 0.15) is 0 Å². The SMILES string of the molecule is CCC(=O)Nc1cnc(OC)cc1C. The second-order valence-corrected chi connectivity index (χ2v) is 2.94. The minimum Gasteiger partial charge on any atom is -0.481 e. The molecule has 0 atom stereocenters. The Labute approximate surface area is 83.3 Å². The van der Waals surface area contributed by atoms with Gasteiger partial charge in [-0.25, -0.2) is 4.98 Å². The van der Waals surface area contributed by atoms with E-state index in [1.807, 2.05) is 13.8 Å². The van der Waals surface area contributed by atoms with Crippen LogP contribution in [0.2, 0.25) is 0 Å². The number of carbonyl (C=O) groups is 1. The van der Waals surface area contributed by atoms with Crippen LogP contribution in [-0.2, 0) is 4.79 Å². The van der Waals surface area contributed by atoms with E-state index < -0.39 is 0 Å². The first-order chi connectivity index (χ1) is 6.67. The summed E-state index contributed by atoms with van der Waals surface area (Å²) < 4.78 is 4.96. The molecule has 76 valence electrons. The maximum atomic E-state index is 11.1. The van der Waals surface area contributed by atoms with Gasteiger partial charge in [0.25, 0.3) is 0 Å². The van der Waals surface area contributed by atoms with Crippen molar-refractivity contribution in [2.24, 2.45) is 0 Å². The van der Waals surface area contributed by atoms with Gasteiger partial charge < -0.3 is 10.1 Å². The fraction of sp³-hybridized carbons (Fsp3) is 0.400. The third-order valence-electron chi connectivity index (χ3n) is 1.89. The summed E-state index contributed by atoms with van der Waals surface area (Å²) in [6.07, 6.45) is 2.06. The lowest BCUT2D eigenvalue weighted by atomic mass is 10.2. The molecular formula is C10H14N2O2. The Kier molecular flexibility index (Phi) is 3.45. The molecule has 4 heteroatoms. The minimum atomic E-state index is -0.0138. The Morgan fingerprint density at radius 2 is 2.36 bits per heavy atom. The van der Waals surface area contributed by atoms with Gasteiger partial charge >= 0.3 is 0 Å². The Hall–Kier alpha value is -1.58. The van der Waals surface area contributed by atoms with Crippen molar-refractivity contribution in [3.05, 3.63) is 17.8 Å². The van der Waals surface area contributed by atoms with E-state index in [-0.39, 0.29) is 5.91 Å². The smallest absolute Gasteiger partial charge is 0.224 e. The van der Waals surface area contributed by atoms with Gasteiger partial charge in [-0.2, -0.15) is 0 Å². The quantitative estimate of drug-likeness (QED) is 0.797. The second-order valence-electron chi connectivity index (χ2n) is 2.94. The van der Waals surface area contributed by atoms with Gasteiger partial charge in [-0.15, -0.1) is 0 Å². The molecule has 1 heterocycles. The van der Waals surface area contributed by atoms with Gasteiger partial charge in [0.05, 0.1) is 19.0 Å². The predicted molar refractivity (Wildman–Crippen MR) is 54.4 cm³/mol. The zero-order chi connectivity index (χ0) is 10.6. The van der Waals surface area contributed by atoms with E-state index in [2.05, 4.69) is 10.3 Å².